The number of aryl methyl sites for hydroxylation is 2. The summed E-state index contributed by atoms with van der Waals surface area (Å²) in [5, 5.41) is 8.09. The van der Waals surface area contributed by atoms with E-state index < -0.39 is 0 Å². The molecule has 2 aromatic rings. The molecular weight excluding hydrogens is 320 g/mol. The lowest BCUT2D eigenvalue weighted by Crippen LogP contribution is -2.36. The molecule has 2 aromatic heterocycles. The molecule has 1 amide bonds. The average molecular weight is 346 g/mol. The van der Waals surface area contributed by atoms with E-state index in [4.69, 9.17) is 9.05 Å². The van der Waals surface area contributed by atoms with Gasteiger partial charge < -0.3 is 13.9 Å². The first kappa shape index (κ1) is 17.6. The first-order valence-electron chi connectivity index (χ1n) is 8.94. The molecule has 1 aliphatic heterocycles. The number of carbonyl (C=O) groups excluding carboxylic acids is 1. The second-order valence-corrected chi connectivity index (χ2v) is 7.24. The molecule has 7 heteroatoms. The predicted octanol–water partition coefficient (Wildman–Crippen LogP) is 3.34. The van der Waals surface area contributed by atoms with Gasteiger partial charge in [0.1, 0.15) is 5.76 Å². The first-order chi connectivity index (χ1) is 11.9. The average Bonchev–Trinajstić information content (AvgIpc) is 3.29. The lowest BCUT2D eigenvalue weighted by atomic mass is 9.98. The highest BCUT2D eigenvalue weighted by Crippen LogP contribution is 2.32. The first-order valence-corrected chi connectivity index (χ1v) is 8.94. The van der Waals surface area contributed by atoms with Gasteiger partial charge in [-0.3, -0.25) is 4.79 Å². The second kappa shape index (κ2) is 6.98. The summed E-state index contributed by atoms with van der Waals surface area (Å²) < 4.78 is 10.5. The highest BCUT2D eigenvalue weighted by Gasteiger charge is 2.35. The Kier molecular flexibility index (Phi) is 4.92. The molecule has 0 saturated carbocycles. The number of amides is 1. The van der Waals surface area contributed by atoms with Gasteiger partial charge in [0.05, 0.1) is 11.7 Å². The van der Waals surface area contributed by atoms with Gasteiger partial charge in [-0.1, -0.05) is 31.1 Å². The van der Waals surface area contributed by atoms with Crippen LogP contribution in [0.1, 0.15) is 74.3 Å². The van der Waals surface area contributed by atoms with Crippen LogP contribution in [-0.4, -0.2) is 32.6 Å². The van der Waals surface area contributed by atoms with E-state index in [0.717, 1.165) is 36.4 Å². The molecule has 7 nitrogen and oxygen atoms in total. The molecule has 0 radical (unpaired) electrons. The molecule has 25 heavy (non-hydrogen) atoms. The topological polar surface area (TPSA) is 85.3 Å². The van der Waals surface area contributed by atoms with Crippen molar-refractivity contribution in [2.24, 2.45) is 5.92 Å². The van der Waals surface area contributed by atoms with Crippen molar-refractivity contribution >= 4 is 5.91 Å². The number of hydrogen-bond donors (Lipinski definition) is 0. The third-order valence-corrected chi connectivity index (χ3v) is 4.90. The lowest BCUT2D eigenvalue weighted by Gasteiger charge is -2.25. The zero-order valence-corrected chi connectivity index (χ0v) is 15.6. The smallest absolute Gasteiger partial charge is 0.229 e. The Morgan fingerprint density at radius 3 is 2.60 bits per heavy atom. The zero-order valence-electron chi connectivity index (χ0n) is 15.6. The molecule has 0 spiro atoms. The van der Waals surface area contributed by atoms with Crippen molar-refractivity contribution in [3.63, 3.8) is 0 Å². The standard InChI is InChI=1S/C18H26N4O3/c1-10(2)17-19-16(21-25-17)15-7-6-8-22(15)18(23)11(3)9-14-12(4)20-24-13(14)5/h10-11,15H,6-9H2,1-5H3/t11-,15+/m0/s1. The van der Waals surface area contributed by atoms with E-state index in [1.165, 1.54) is 0 Å². The second-order valence-electron chi connectivity index (χ2n) is 7.24. The van der Waals surface area contributed by atoms with Crippen molar-refractivity contribution < 1.29 is 13.8 Å². The number of carbonyl (C=O) groups is 1. The van der Waals surface area contributed by atoms with Gasteiger partial charge in [0.25, 0.3) is 0 Å². The van der Waals surface area contributed by atoms with Crippen LogP contribution in [0, 0.1) is 19.8 Å². The largest absolute Gasteiger partial charge is 0.361 e. The molecule has 3 rings (SSSR count). The van der Waals surface area contributed by atoms with E-state index in [1.807, 2.05) is 39.5 Å². The van der Waals surface area contributed by atoms with Gasteiger partial charge in [-0.15, -0.1) is 0 Å². The summed E-state index contributed by atoms with van der Waals surface area (Å²) in [6.07, 6.45) is 2.47. The summed E-state index contributed by atoms with van der Waals surface area (Å²) in [5.74, 6) is 2.20. The molecule has 3 heterocycles. The van der Waals surface area contributed by atoms with Crippen LogP contribution in [0.3, 0.4) is 0 Å². The summed E-state index contributed by atoms with van der Waals surface area (Å²) in [4.78, 5) is 19.4. The predicted molar refractivity (Wildman–Crippen MR) is 90.9 cm³/mol. The quantitative estimate of drug-likeness (QED) is 0.825. The van der Waals surface area contributed by atoms with Gasteiger partial charge >= 0.3 is 0 Å². The Morgan fingerprint density at radius 2 is 2.00 bits per heavy atom. The maximum atomic E-state index is 13.0. The van der Waals surface area contributed by atoms with E-state index in [0.29, 0.717) is 18.1 Å². The summed E-state index contributed by atoms with van der Waals surface area (Å²) >= 11 is 0. The van der Waals surface area contributed by atoms with Gasteiger partial charge in [0, 0.05) is 23.9 Å². The summed E-state index contributed by atoms with van der Waals surface area (Å²) in [6.45, 7) is 10.5. The van der Waals surface area contributed by atoms with Gasteiger partial charge in [-0.05, 0) is 33.1 Å². The molecule has 1 fully saturated rings. The van der Waals surface area contributed by atoms with Crippen LogP contribution < -0.4 is 0 Å². The normalized spacial score (nSPS) is 19.0. The minimum atomic E-state index is -0.145. The summed E-state index contributed by atoms with van der Waals surface area (Å²) in [5.41, 5.74) is 1.88. The summed E-state index contributed by atoms with van der Waals surface area (Å²) in [7, 11) is 0. The third-order valence-electron chi connectivity index (χ3n) is 4.90. The van der Waals surface area contributed by atoms with Crippen molar-refractivity contribution in [1.29, 1.82) is 0 Å². The van der Waals surface area contributed by atoms with Crippen LogP contribution in [-0.2, 0) is 11.2 Å². The van der Waals surface area contributed by atoms with Crippen LogP contribution in [0.2, 0.25) is 0 Å². The van der Waals surface area contributed by atoms with Crippen molar-refractivity contribution in [1.82, 2.24) is 20.2 Å². The number of hydrogen-bond acceptors (Lipinski definition) is 6. The van der Waals surface area contributed by atoms with E-state index in [-0.39, 0.29) is 23.8 Å². The van der Waals surface area contributed by atoms with Gasteiger partial charge in [-0.2, -0.15) is 4.98 Å². The monoisotopic (exact) mass is 346 g/mol. The Morgan fingerprint density at radius 1 is 1.24 bits per heavy atom. The Labute approximate surface area is 147 Å². The van der Waals surface area contributed by atoms with E-state index >= 15 is 0 Å². The van der Waals surface area contributed by atoms with Crippen LogP contribution in [0.25, 0.3) is 0 Å². The van der Waals surface area contributed by atoms with Gasteiger partial charge in [-0.25, -0.2) is 0 Å². The maximum absolute atomic E-state index is 13.0. The van der Waals surface area contributed by atoms with Crippen LogP contribution in [0.5, 0.6) is 0 Å². The van der Waals surface area contributed by atoms with Crippen LogP contribution >= 0.6 is 0 Å². The fourth-order valence-corrected chi connectivity index (χ4v) is 3.39. The third kappa shape index (κ3) is 3.45. The fraction of sp³-hybridized carbons (Fsp3) is 0.667. The Hall–Kier alpha value is -2.18. The number of nitrogens with zero attached hydrogens (tertiary/aromatic N) is 4. The molecule has 1 aliphatic rings. The highest BCUT2D eigenvalue weighted by atomic mass is 16.5. The SMILES string of the molecule is Cc1noc(C)c1C[C@H](C)C(=O)N1CCC[C@@H]1c1noc(C(C)C)n1. The number of likely N-dealkylation sites (tertiary alicyclic amines) is 1. The van der Waals surface area contributed by atoms with Crippen molar-refractivity contribution in [2.45, 2.75) is 65.8 Å². The highest BCUT2D eigenvalue weighted by molar-refractivity contribution is 5.79. The van der Waals surface area contributed by atoms with Crippen molar-refractivity contribution in [3.8, 4) is 0 Å². The number of rotatable bonds is 5. The Bertz CT molecular complexity index is 730. The van der Waals surface area contributed by atoms with E-state index in [9.17, 15) is 4.79 Å². The lowest BCUT2D eigenvalue weighted by molar-refractivity contribution is -0.136. The molecule has 0 unspecified atom stereocenters. The molecule has 0 N–H and O–H groups in total. The van der Waals surface area contributed by atoms with Crippen LogP contribution in [0.4, 0.5) is 0 Å². The van der Waals surface area contributed by atoms with Gasteiger partial charge in [0.2, 0.25) is 11.8 Å². The Balaban J connectivity index is 1.73. The van der Waals surface area contributed by atoms with E-state index in [1.54, 1.807) is 0 Å². The molecule has 0 aliphatic carbocycles. The minimum Gasteiger partial charge on any atom is -0.361 e. The molecule has 1 saturated heterocycles. The van der Waals surface area contributed by atoms with Crippen LogP contribution in [0.15, 0.2) is 9.05 Å². The van der Waals surface area contributed by atoms with E-state index in [2.05, 4.69) is 15.3 Å². The van der Waals surface area contributed by atoms with Gasteiger partial charge in [0.15, 0.2) is 5.82 Å². The molecule has 0 aromatic carbocycles. The molecule has 136 valence electrons. The van der Waals surface area contributed by atoms with Crippen molar-refractivity contribution in [2.75, 3.05) is 6.54 Å². The molecule has 0 bridgehead atoms. The van der Waals surface area contributed by atoms with Crippen molar-refractivity contribution in [3.05, 3.63) is 28.7 Å². The maximum Gasteiger partial charge on any atom is 0.229 e. The number of aromatic nitrogens is 3. The molecule has 2 atom stereocenters. The minimum absolute atomic E-state index is 0.0872. The zero-order chi connectivity index (χ0) is 18.1. The fourth-order valence-electron chi connectivity index (χ4n) is 3.39. The molecular formula is C18H26N4O3. The summed E-state index contributed by atoms with van der Waals surface area (Å²) in [6, 6.07) is -0.0872.